The fourth-order valence-electron chi connectivity index (χ4n) is 5.59. The summed E-state index contributed by atoms with van der Waals surface area (Å²) in [5.74, 6) is 0.378. The van der Waals surface area contributed by atoms with Gasteiger partial charge in [-0.25, -0.2) is 0 Å². The fourth-order valence-corrected chi connectivity index (χ4v) is 7.54. The number of aromatic nitrogens is 2. The lowest BCUT2D eigenvalue weighted by Gasteiger charge is -2.24. The number of carbonyl (C=O) groups is 2. The molecule has 0 spiro atoms. The molecule has 0 saturated carbocycles. The molecule has 3 heterocycles. The average molecular weight is 728 g/mol. The summed E-state index contributed by atoms with van der Waals surface area (Å²) in [6.45, 7) is 3.25. The van der Waals surface area contributed by atoms with Crippen molar-refractivity contribution in [2.45, 2.75) is 29.7 Å². The van der Waals surface area contributed by atoms with Crippen LogP contribution in [0.15, 0.2) is 101 Å². The first-order valence-electron chi connectivity index (χ1n) is 15.7. The van der Waals surface area contributed by atoms with Gasteiger partial charge in [0.1, 0.15) is 25.6 Å². The Bertz CT molecular complexity index is 2070. The van der Waals surface area contributed by atoms with Crippen molar-refractivity contribution in [1.29, 1.82) is 0 Å². The van der Waals surface area contributed by atoms with Crippen LogP contribution < -0.4 is 23.8 Å². The molecule has 1 saturated heterocycles. The van der Waals surface area contributed by atoms with Gasteiger partial charge in [0, 0.05) is 16.3 Å². The van der Waals surface area contributed by atoms with Gasteiger partial charge >= 0.3 is 5.91 Å². The zero-order valence-corrected chi connectivity index (χ0v) is 29.1. The highest BCUT2D eigenvalue weighted by atomic mass is 35.5. The molecule has 4 aromatic carbocycles. The molecular weight excluding hydrogens is 698 g/mol. The van der Waals surface area contributed by atoms with Crippen LogP contribution in [0.25, 0.3) is 5.76 Å². The van der Waals surface area contributed by atoms with Crippen LogP contribution in [0.2, 0.25) is 5.02 Å². The van der Waals surface area contributed by atoms with Crippen LogP contribution in [-0.4, -0.2) is 46.8 Å². The van der Waals surface area contributed by atoms with Gasteiger partial charge in [-0.15, -0.1) is 10.2 Å². The zero-order valence-electron chi connectivity index (χ0n) is 26.7. The highest BCUT2D eigenvalue weighted by Gasteiger charge is 2.48. The maximum absolute atomic E-state index is 13.9. The highest BCUT2D eigenvalue weighted by Crippen LogP contribution is 2.46. The normalized spacial score (nSPS) is 16.4. The summed E-state index contributed by atoms with van der Waals surface area (Å²) in [6.07, 6.45) is 0. The molecule has 1 fully saturated rings. The van der Waals surface area contributed by atoms with Gasteiger partial charge in [0.05, 0.1) is 18.2 Å². The predicted octanol–water partition coefficient (Wildman–Crippen LogP) is 7.86. The molecule has 2 aliphatic heterocycles. The molecule has 10 nitrogen and oxygen atoms in total. The molecule has 5 aromatic rings. The van der Waals surface area contributed by atoms with Crippen molar-refractivity contribution < 1.29 is 33.6 Å². The molecule has 13 heteroatoms. The van der Waals surface area contributed by atoms with E-state index in [2.05, 4.69) is 10.2 Å². The van der Waals surface area contributed by atoms with Crippen LogP contribution in [0.4, 0.5) is 5.13 Å². The monoisotopic (exact) mass is 727 g/mol. The Kier molecular flexibility index (Phi) is 9.92. The fraction of sp³-hybridized carbons (Fsp3) is 0.189. The molecule has 0 unspecified atom stereocenters. The first-order valence-corrected chi connectivity index (χ1v) is 17.9. The van der Waals surface area contributed by atoms with E-state index in [1.54, 1.807) is 36.4 Å². The first-order chi connectivity index (χ1) is 24.4. The Balaban J connectivity index is 1.28. The summed E-state index contributed by atoms with van der Waals surface area (Å²) >= 11 is 8.66. The molecule has 254 valence electrons. The van der Waals surface area contributed by atoms with Crippen LogP contribution in [0.3, 0.4) is 0 Å². The molecule has 0 radical (unpaired) electrons. The number of nitrogens with zero attached hydrogens (tertiary/aromatic N) is 3. The van der Waals surface area contributed by atoms with Gasteiger partial charge in [-0.1, -0.05) is 83.2 Å². The third kappa shape index (κ3) is 7.00. The molecule has 1 aromatic heterocycles. The van der Waals surface area contributed by atoms with Gasteiger partial charge in [-0.05, 0) is 66.1 Å². The molecule has 0 bridgehead atoms. The Morgan fingerprint density at radius 3 is 2.48 bits per heavy atom. The minimum atomic E-state index is -1.06. The second kappa shape index (κ2) is 14.8. The summed E-state index contributed by atoms with van der Waals surface area (Å²) < 4.78 is 24.1. The summed E-state index contributed by atoms with van der Waals surface area (Å²) in [5, 5.41) is 21.3. The van der Waals surface area contributed by atoms with Crippen LogP contribution in [0, 0.1) is 0 Å². The van der Waals surface area contributed by atoms with Crippen molar-refractivity contribution in [3.63, 3.8) is 0 Å². The van der Waals surface area contributed by atoms with Crippen LogP contribution in [0.1, 0.15) is 35.2 Å². The maximum Gasteiger partial charge on any atom is 0.301 e. The standard InChI is InChI=1S/C37H30ClN3O7S2/c1-2-45-29-18-24(10-14-28(29)48-20-22-6-4-3-5-7-22)32-31(33(42)25-11-15-27-30(19-25)47-17-16-46-27)34(43)35(44)41(32)36-39-40-37(50-36)49-21-23-8-12-26(38)13-9-23/h3-15,18-19,32,42H,2,16-17,20-21H2,1H3/t32-/m0/s1. The maximum atomic E-state index is 13.9. The smallest absolute Gasteiger partial charge is 0.301 e. The third-order valence-electron chi connectivity index (χ3n) is 7.96. The largest absolute Gasteiger partial charge is 0.507 e. The summed E-state index contributed by atoms with van der Waals surface area (Å²) in [5.41, 5.74) is 2.70. The number of thioether (sulfide) groups is 1. The summed E-state index contributed by atoms with van der Waals surface area (Å²) in [4.78, 5) is 29.0. The van der Waals surface area contributed by atoms with Gasteiger partial charge < -0.3 is 24.1 Å². The van der Waals surface area contributed by atoms with Crippen LogP contribution in [0.5, 0.6) is 23.0 Å². The highest BCUT2D eigenvalue weighted by molar-refractivity contribution is 8.00. The number of hydrogen-bond acceptors (Lipinski definition) is 11. The minimum absolute atomic E-state index is 0.113. The first kappa shape index (κ1) is 33.5. The number of carbonyl (C=O) groups excluding carboxylic acids is 2. The van der Waals surface area contributed by atoms with Crippen molar-refractivity contribution in [1.82, 2.24) is 10.2 Å². The Hall–Kier alpha value is -5.04. The lowest BCUT2D eigenvalue weighted by atomic mass is 9.95. The van der Waals surface area contributed by atoms with Crippen molar-refractivity contribution >= 4 is 57.3 Å². The number of benzene rings is 4. The van der Waals surface area contributed by atoms with Gasteiger partial charge in [0.15, 0.2) is 27.3 Å². The molecule has 50 heavy (non-hydrogen) atoms. The molecule has 0 aliphatic carbocycles. The number of ether oxygens (including phenoxy) is 4. The Labute approximate surface area is 301 Å². The van der Waals surface area contributed by atoms with E-state index in [1.807, 2.05) is 61.5 Å². The number of amides is 1. The lowest BCUT2D eigenvalue weighted by Crippen LogP contribution is -2.29. The third-order valence-corrected chi connectivity index (χ3v) is 10.3. The molecule has 1 N–H and O–H groups in total. The SMILES string of the molecule is CCOc1cc([C@H]2C(=C(O)c3ccc4c(c3)OCCO4)C(=O)C(=O)N2c2nnc(SCc3ccc(Cl)cc3)s2)ccc1OCc1ccccc1. The number of aliphatic hydroxyl groups excluding tert-OH is 1. The van der Waals surface area contributed by atoms with Crippen LogP contribution in [-0.2, 0) is 21.9 Å². The number of Topliss-reactive ketones (excluding diaryl/α,β-unsaturated/α-hetero) is 1. The Morgan fingerprint density at radius 1 is 0.920 bits per heavy atom. The number of rotatable bonds is 11. The molecule has 1 amide bonds. The molecule has 2 aliphatic rings. The number of ketones is 1. The summed E-state index contributed by atoms with van der Waals surface area (Å²) in [6, 6.07) is 26.2. The quantitative estimate of drug-likeness (QED) is 0.0473. The van der Waals surface area contributed by atoms with E-state index in [1.165, 1.54) is 28.0 Å². The van der Waals surface area contributed by atoms with E-state index in [4.69, 9.17) is 30.5 Å². The summed E-state index contributed by atoms with van der Waals surface area (Å²) in [7, 11) is 0. The van der Waals surface area contributed by atoms with E-state index in [0.29, 0.717) is 75.7 Å². The average Bonchev–Trinajstić information content (AvgIpc) is 3.72. The van der Waals surface area contributed by atoms with Crippen molar-refractivity contribution in [2.24, 2.45) is 0 Å². The Morgan fingerprint density at radius 2 is 1.70 bits per heavy atom. The van der Waals surface area contributed by atoms with E-state index in [0.717, 1.165) is 11.1 Å². The van der Waals surface area contributed by atoms with E-state index < -0.39 is 17.7 Å². The topological polar surface area (TPSA) is 120 Å². The minimum Gasteiger partial charge on any atom is -0.507 e. The lowest BCUT2D eigenvalue weighted by molar-refractivity contribution is -0.132. The van der Waals surface area contributed by atoms with E-state index in [-0.39, 0.29) is 16.5 Å². The molecule has 7 rings (SSSR count). The zero-order chi connectivity index (χ0) is 34.6. The van der Waals surface area contributed by atoms with Gasteiger partial charge in [-0.3, -0.25) is 14.5 Å². The molecular formula is C37H30ClN3O7S2. The van der Waals surface area contributed by atoms with Gasteiger partial charge in [-0.2, -0.15) is 0 Å². The van der Waals surface area contributed by atoms with Crippen molar-refractivity contribution in [3.8, 4) is 23.0 Å². The van der Waals surface area contributed by atoms with E-state index in [9.17, 15) is 14.7 Å². The van der Waals surface area contributed by atoms with Gasteiger partial charge in [0.25, 0.3) is 5.78 Å². The van der Waals surface area contributed by atoms with Crippen molar-refractivity contribution in [3.05, 3.63) is 124 Å². The number of fused-ring (bicyclic) bond motifs is 1. The number of anilines is 1. The van der Waals surface area contributed by atoms with Gasteiger partial charge in [0.2, 0.25) is 5.13 Å². The second-order valence-electron chi connectivity index (χ2n) is 11.2. The molecule has 1 atom stereocenters. The van der Waals surface area contributed by atoms with Crippen molar-refractivity contribution in [2.75, 3.05) is 24.7 Å². The number of halogens is 1. The van der Waals surface area contributed by atoms with E-state index >= 15 is 0 Å². The number of aliphatic hydroxyl groups is 1. The second-order valence-corrected chi connectivity index (χ2v) is 13.8. The predicted molar refractivity (Wildman–Crippen MR) is 192 cm³/mol. The number of hydrogen-bond donors (Lipinski definition) is 1. The van der Waals surface area contributed by atoms with Crippen LogP contribution >= 0.6 is 34.7 Å².